The van der Waals surface area contributed by atoms with Gasteiger partial charge >= 0.3 is 0 Å². The first-order chi connectivity index (χ1) is 11.2. The van der Waals surface area contributed by atoms with Crippen LogP contribution in [-0.2, 0) is 0 Å². The maximum absolute atomic E-state index is 13.0. The van der Waals surface area contributed by atoms with Gasteiger partial charge in [-0.05, 0) is 61.2 Å². The van der Waals surface area contributed by atoms with Crippen LogP contribution in [-0.4, -0.2) is 34.1 Å². The highest BCUT2D eigenvalue weighted by Gasteiger charge is 2.40. The minimum atomic E-state index is -0.240. The maximum Gasteiger partial charge on any atom is 0.254 e. The Morgan fingerprint density at radius 1 is 1.09 bits per heavy atom. The van der Waals surface area contributed by atoms with E-state index in [0.29, 0.717) is 0 Å². The topological polar surface area (TPSA) is 40.5 Å². The fraction of sp³-hybridized carbons (Fsp3) is 0.421. The van der Waals surface area contributed by atoms with Crippen LogP contribution in [0.1, 0.15) is 42.5 Å². The molecule has 0 aliphatic carbocycles. The van der Waals surface area contributed by atoms with Crippen LogP contribution in [0.4, 0.5) is 0 Å². The highest BCUT2D eigenvalue weighted by Crippen LogP contribution is 2.35. The number of nitrogens with zero attached hydrogens (tertiary/aromatic N) is 1. The average Bonchev–Trinajstić information content (AvgIpc) is 3.08. The van der Waals surface area contributed by atoms with Gasteiger partial charge in [0.25, 0.3) is 5.91 Å². The Morgan fingerprint density at radius 2 is 1.78 bits per heavy atom. The monoisotopic (exact) mass is 327 g/mol. The van der Waals surface area contributed by atoms with Crippen LogP contribution in [0.15, 0.2) is 41.8 Å². The number of fused-ring (bicyclic) bond motifs is 2. The average molecular weight is 327 g/mol. The standard InChI is InChI=1S/C19H21NO2S/c21-17-11-15-3-1-4-16(12-17)20(15)19(22)14-8-6-13(7-9-14)18-5-2-10-23-18/h2,5-10,15-17,21H,1,3-4,11-12H2/t15-,16+,17?. The van der Waals surface area contributed by atoms with Crippen LogP contribution < -0.4 is 0 Å². The first-order valence-electron chi connectivity index (χ1n) is 8.37. The zero-order valence-corrected chi connectivity index (χ0v) is 13.8. The van der Waals surface area contributed by atoms with Crippen molar-refractivity contribution < 1.29 is 9.90 Å². The van der Waals surface area contributed by atoms with Crippen molar-refractivity contribution in [3.8, 4) is 10.4 Å². The lowest BCUT2D eigenvalue weighted by atomic mass is 9.82. The second-order valence-electron chi connectivity index (χ2n) is 6.63. The quantitative estimate of drug-likeness (QED) is 0.908. The van der Waals surface area contributed by atoms with E-state index in [-0.39, 0.29) is 24.1 Å². The zero-order valence-electron chi connectivity index (χ0n) is 13.0. The highest BCUT2D eigenvalue weighted by molar-refractivity contribution is 7.13. The van der Waals surface area contributed by atoms with Crippen LogP contribution in [0.5, 0.6) is 0 Å². The number of amides is 1. The molecule has 1 N–H and O–H groups in total. The Bertz CT molecular complexity index is 666. The van der Waals surface area contributed by atoms with E-state index in [4.69, 9.17) is 0 Å². The molecule has 0 spiro atoms. The summed E-state index contributed by atoms with van der Waals surface area (Å²) in [6, 6.07) is 12.5. The van der Waals surface area contributed by atoms with Gasteiger partial charge in [0.05, 0.1) is 6.10 Å². The van der Waals surface area contributed by atoms with Crippen molar-refractivity contribution in [3.63, 3.8) is 0 Å². The van der Waals surface area contributed by atoms with E-state index in [9.17, 15) is 9.90 Å². The van der Waals surface area contributed by atoms with Gasteiger partial charge in [-0.15, -0.1) is 11.3 Å². The molecular weight excluding hydrogens is 306 g/mol. The third kappa shape index (κ3) is 2.81. The number of hydrogen-bond donors (Lipinski definition) is 1. The van der Waals surface area contributed by atoms with Crippen LogP contribution in [0.25, 0.3) is 10.4 Å². The van der Waals surface area contributed by atoms with E-state index in [0.717, 1.165) is 36.8 Å². The molecule has 0 saturated carbocycles. The van der Waals surface area contributed by atoms with Crippen molar-refractivity contribution in [3.05, 3.63) is 47.3 Å². The van der Waals surface area contributed by atoms with Crippen molar-refractivity contribution in [2.45, 2.75) is 50.3 Å². The molecule has 1 amide bonds. The Kier molecular flexibility index (Phi) is 3.95. The van der Waals surface area contributed by atoms with E-state index in [1.807, 2.05) is 30.3 Å². The summed E-state index contributed by atoms with van der Waals surface area (Å²) in [5.41, 5.74) is 1.92. The van der Waals surface area contributed by atoms with Gasteiger partial charge in [-0.2, -0.15) is 0 Å². The Labute approximate surface area is 140 Å². The Morgan fingerprint density at radius 3 is 2.39 bits per heavy atom. The first-order valence-corrected chi connectivity index (χ1v) is 9.25. The fourth-order valence-electron chi connectivity index (χ4n) is 4.05. The number of thiophene rings is 1. The van der Waals surface area contributed by atoms with Gasteiger partial charge in [0.15, 0.2) is 0 Å². The van der Waals surface area contributed by atoms with Crippen LogP contribution in [0.2, 0.25) is 0 Å². The third-order valence-corrected chi connectivity index (χ3v) is 6.04. The van der Waals surface area contributed by atoms with Crippen molar-refractivity contribution >= 4 is 17.2 Å². The molecule has 2 aromatic rings. The van der Waals surface area contributed by atoms with Gasteiger partial charge in [-0.3, -0.25) is 4.79 Å². The normalized spacial score (nSPS) is 27.0. The zero-order chi connectivity index (χ0) is 15.8. The number of carbonyl (C=O) groups excluding carboxylic acids is 1. The number of rotatable bonds is 2. The highest BCUT2D eigenvalue weighted by atomic mass is 32.1. The molecule has 1 aromatic carbocycles. The summed E-state index contributed by atoms with van der Waals surface area (Å²) in [5.74, 6) is 0.129. The number of piperidine rings is 2. The largest absolute Gasteiger partial charge is 0.393 e. The first kappa shape index (κ1) is 14.9. The minimum absolute atomic E-state index is 0.129. The predicted molar refractivity (Wildman–Crippen MR) is 92.6 cm³/mol. The smallest absolute Gasteiger partial charge is 0.254 e. The van der Waals surface area contributed by atoms with Crippen molar-refractivity contribution in [2.75, 3.05) is 0 Å². The molecule has 120 valence electrons. The van der Waals surface area contributed by atoms with E-state index in [1.54, 1.807) is 11.3 Å². The Balaban J connectivity index is 1.57. The van der Waals surface area contributed by atoms with Gasteiger partial charge in [-0.1, -0.05) is 18.2 Å². The third-order valence-electron chi connectivity index (χ3n) is 5.12. The lowest BCUT2D eigenvalue weighted by Gasteiger charge is -2.47. The molecule has 2 bridgehead atoms. The molecule has 2 aliphatic heterocycles. The summed E-state index contributed by atoms with van der Waals surface area (Å²) in [6.07, 6.45) is 4.43. The van der Waals surface area contributed by atoms with Crippen LogP contribution in [0, 0.1) is 0 Å². The summed E-state index contributed by atoms with van der Waals surface area (Å²) in [6.45, 7) is 0. The molecule has 3 atom stereocenters. The summed E-state index contributed by atoms with van der Waals surface area (Å²) in [4.78, 5) is 16.2. The van der Waals surface area contributed by atoms with Gasteiger partial charge in [0.1, 0.15) is 0 Å². The molecule has 4 rings (SSSR count). The van der Waals surface area contributed by atoms with E-state index < -0.39 is 0 Å². The number of hydrogen-bond acceptors (Lipinski definition) is 3. The van der Waals surface area contributed by atoms with Crippen molar-refractivity contribution in [2.24, 2.45) is 0 Å². The summed E-state index contributed by atoms with van der Waals surface area (Å²) >= 11 is 1.71. The van der Waals surface area contributed by atoms with Crippen molar-refractivity contribution in [1.82, 2.24) is 4.90 Å². The Hall–Kier alpha value is -1.65. The summed E-state index contributed by atoms with van der Waals surface area (Å²) in [5, 5.41) is 12.1. The predicted octanol–water partition coefficient (Wildman–Crippen LogP) is 3.93. The summed E-state index contributed by atoms with van der Waals surface area (Å²) in [7, 11) is 0. The molecule has 23 heavy (non-hydrogen) atoms. The van der Waals surface area contributed by atoms with Gasteiger partial charge < -0.3 is 10.0 Å². The fourth-order valence-corrected chi connectivity index (χ4v) is 4.79. The number of aliphatic hydroxyl groups excluding tert-OH is 1. The molecule has 1 aromatic heterocycles. The number of aliphatic hydroxyl groups is 1. The van der Waals surface area contributed by atoms with E-state index >= 15 is 0 Å². The van der Waals surface area contributed by atoms with E-state index in [2.05, 4.69) is 16.3 Å². The van der Waals surface area contributed by atoms with Gasteiger partial charge in [0, 0.05) is 22.5 Å². The summed E-state index contributed by atoms with van der Waals surface area (Å²) < 4.78 is 0. The number of carbonyl (C=O) groups is 1. The van der Waals surface area contributed by atoms with Gasteiger partial charge in [-0.25, -0.2) is 0 Å². The molecule has 3 nitrogen and oxygen atoms in total. The maximum atomic E-state index is 13.0. The second-order valence-corrected chi connectivity index (χ2v) is 7.58. The molecule has 4 heteroatoms. The molecule has 1 unspecified atom stereocenters. The SMILES string of the molecule is O=C(c1ccc(-c2cccs2)cc1)N1[C@@H]2CCC[C@H]1CC(O)C2. The number of benzene rings is 1. The lowest BCUT2D eigenvalue weighted by Crippen LogP contribution is -2.55. The molecule has 0 radical (unpaired) electrons. The molecular formula is C19H21NO2S. The lowest BCUT2D eigenvalue weighted by molar-refractivity contribution is -0.0150. The molecule has 2 fully saturated rings. The molecule has 3 heterocycles. The van der Waals surface area contributed by atoms with Crippen LogP contribution in [0.3, 0.4) is 0 Å². The van der Waals surface area contributed by atoms with E-state index in [1.165, 1.54) is 11.3 Å². The molecule has 2 saturated heterocycles. The minimum Gasteiger partial charge on any atom is -0.393 e. The van der Waals surface area contributed by atoms with Crippen molar-refractivity contribution in [1.29, 1.82) is 0 Å². The molecule has 2 aliphatic rings. The second kappa shape index (κ2) is 6.10. The van der Waals surface area contributed by atoms with Crippen LogP contribution >= 0.6 is 11.3 Å². The van der Waals surface area contributed by atoms with Gasteiger partial charge in [0.2, 0.25) is 0 Å².